The van der Waals surface area contributed by atoms with Gasteiger partial charge in [-0.1, -0.05) is 11.3 Å². The standard InChI is InChI=1S/C12H19N5O2S/c1-14-8(18)5-6-15-11(19)9-10(13)17-12(20-9)16-7-3-2-4-7/h7H,2-6,13H2,1H3,(H,14,18)(H,15,19)(H,16,17). The highest BCUT2D eigenvalue weighted by Crippen LogP contribution is 2.29. The van der Waals surface area contributed by atoms with Crippen molar-refractivity contribution in [2.75, 3.05) is 24.6 Å². The molecule has 7 nitrogen and oxygen atoms in total. The molecule has 1 saturated carbocycles. The Morgan fingerprint density at radius 1 is 1.45 bits per heavy atom. The van der Waals surface area contributed by atoms with Crippen LogP contribution in [0.25, 0.3) is 0 Å². The molecule has 1 aromatic rings. The summed E-state index contributed by atoms with van der Waals surface area (Å²) in [5.41, 5.74) is 5.75. The normalized spacial score (nSPS) is 14.4. The van der Waals surface area contributed by atoms with E-state index >= 15 is 0 Å². The Morgan fingerprint density at radius 2 is 2.20 bits per heavy atom. The van der Waals surface area contributed by atoms with Crippen LogP contribution < -0.4 is 21.7 Å². The highest BCUT2D eigenvalue weighted by molar-refractivity contribution is 7.18. The Bertz CT molecular complexity index is 498. The number of anilines is 2. The first-order chi connectivity index (χ1) is 9.60. The molecular weight excluding hydrogens is 278 g/mol. The average Bonchev–Trinajstić information content (AvgIpc) is 2.74. The van der Waals surface area contributed by atoms with E-state index in [4.69, 9.17) is 5.73 Å². The topological polar surface area (TPSA) is 109 Å². The molecular formula is C12H19N5O2S. The van der Waals surface area contributed by atoms with Crippen molar-refractivity contribution >= 4 is 34.1 Å². The van der Waals surface area contributed by atoms with Gasteiger partial charge in [-0.2, -0.15) is 0 Å². The van der Waals surface area contributed by atoms with Crippen LogP contribution in [-0.4, -0.2) is 36.4 Å². The fourth-order valence-electron chi connectivity index (χ4n) is 1.78. The predicted octanol–water partition coefficient (Wildman–Crippen LogP) is 0.556. The summed E-state index contributed by atoms with van der Waals surface area (Å²) in [7, 11) is 1.56. The molecule has 2 amide bonds. The fourth-order valence-corrected chi connectivity index (χ4v) is 2.66. The van der Waals surface area contributed by atoms with Crippen molar-refractivity contribution in [3.8, 4) is 0 Å². The average molecular weight is 297 g/mol. The number of carbonyl (C=O) groups is 2. The minimum Gasteiger partial charge on any atom is -0.382 e. The van der Waals surface area contributed by atoms with Crippen LogP contribution in [0.4, 0.5) is 10.9 Å². The molecule has 0 atom stereocenters. The lowest BCUT2D eigenvalue weighted by Gasteiger charge is -2.25. The molecule has 1 fully saturated rings. The van der Waals surface area contributed by atoms with Gasteiger partial charge in [0.1, 0.15) is 10.7 Å². The van der Waals surface area contributed by atoms with Gasteiger partial charge in [0.2, 0.25) is 5.91 Å². The van der Waals surface area contributed by atoms with Gasteiger partial charge >= 0.3 is 0 Å². The Kier molecular flexibility index (Phi) is 4.78. The molecule has 0 radical (unpaired) electrons. The second kappa shape index (κ2) is 6.56. The summed E-state index contributed by atoms with van der Waals surface area (Å²) in [6.07, 6.45) is 3.74. The van der Waals surface area contributed by atoms with Gasteiger partial charge in [0.05, 0.1) is 0 Å². The van der Waals surface area contributed by atoms with Crippen molar-refractivity contribution in [3.05, 3.63) is 4.88 Å². The monoisotopic (exact) mass is 297 g/mol. The van der Waals surface area contributed by atoms with Crippen LogP contribution in [0.2, 0.25) is 0 Å². The molecule has 0 bridgehead atoms. The Hall–Kier alpha value is -1.83. The quantitative estimate of drug-likeness (QED) is 0.613. The maximum Gasteiger partial charge on any atom is 0.265 e. The number of nitrogen functional groups attached to an aromatic ring is 1. The van der Waals surface area contributed by atoms with Crippen LogP contribution >= 0.6 is 11.3 Å². The summed E-state index contributed by atoms with van der Waals surface area (Å²) in [4.78, 5) is 27.5. The van der Waals surface area contributed by atoms with Crippen molar-refractivity contribution < 1.29 is 9.59 Å². The van der Waals surface area contributed by atoms with Gasteiger partial charge < -0.3 is 21.7 Å². The third-order valence-electron chi connectivity index (χ3n) is 3.21. The molecule has 1 heterocycles. The number of nitrogens with one attached hydrogen (secondary N) is 3. The maximum absolute atomic E-state index is 11.9. The SMILES string of the molecule is CNC(=O)CCNC(=O)c1sc(NC2CCC2)nc1N. The van der Waals surface area contributed by atoms with E-state index in [1.54, 1.807) is 7.05 Å². The molecule has 0 unspecified atom stereocenters. The van der Waals surface area contributed by atoms with E-state index in [2.05, 4.69) is 20.9 Å². The first kappa shape index (κ1) is 14.6. The second-order valence-corrected chi connectivity index (χ2v) is 5.68. The van der Waals surface area contributed by atoms with Gasteiger partial charge in [-0.15, -0.1) is 0 Å². The minimum absolute atomic E-state index is 0.116. The number of nitrogens with zero attached hydrogens (tertiary/aromatic N) is 1. The number of aromatic nitrogens is 1. The zero-order chi connectivity index (χ0) is 14.5. The number of nitrogens with two attached hydrogens (primary N) is 1. The summed E-state index contributed by atoms with van der Waals surface area (Å²) in [6.45, 7) is 0.279. The first-order valence-corrected chi connectivity index (χ1v) is 7.43. The van der Waals surface area contributed by atoms with Crippen LogP contribution in [0.5, 0.6) is 0 Å². The summed E-state index contributed by atoms with van der Waals surface area (Å²) < 4.78 is 0. The van der Waals surface area contributed by atoms with Crippen LogP contribution in [0, 0.1) is 0 Å². The number of rotatable bonds is 6. The number of hydrogen-bond acceptors (Lipinski definition) is 6. The maximum atomic E-state index is 11.9. The largest absolute Gasteiger partial charge is 0.382 e. The molecule has 0 aromatic carbocycles. The van der Waals surface area contributed by atoms with Crippen LogP contribution in [0.3, 0.4) is 0 Å². The van der Waals surface area contributed by atoms with E-state index in [1.807, 2.05) is 0 Å². The van der Waals surface area contributed by atoms with Crippen LogP contribution in [0.15, 0.2) is 0 Å². The fraction of sp³-hybridized carbons (Fsp3) is 0.583. The summed E-state index contributed by atoms with van der Waals surface area (Å²) in [6, 6.07) is 0.449. The molecule has 1 aliphatic carbocycles. The van der Waals surface area contributed by atoms with Gasteiger partial charge in [-0.05, 0) is 19.3 Å². The molecule has 5 N–H and O–H groups in total. The molecule has 2 rings (SSSR count). The van der Waals surface area contributed by atoms with Crippen molar-refractivity contribution in [3.63, 3.8) is 0 Å². The van der Waals surface area contributed by atoms with Crippen molar-refractivity contribution in [2.24, 2.45) is 0 Å². The zero-order valence-corrected chi connectivity index (χ0v) is 12.2. The lowest BCUT2D eigenvalue weighted by molar-refractivity contribution is -0.120. The second-order valence-electron chi connectivity index (χ2n) is 4.68. The molecule has 0 spiro atoms. The minimum atomic E-state index is -0.287. The zero-order valence-electron chi connectivity index (χ0n) is 11.4. The molecule has 110 valence electrons. The predicted molar refractivity (Wildman–Crippen MR) is 78.8 cm³/mol. The number of thiazole rings is 1. The lowest BCUT2D eigenvalue weighted by atomic mass is 9.93. The Morgan fingerprint density at radius 3 is 2.80 bits per heavy atom. The number of carbonyl (C=O) groups excluding carboxylic acids is 2. The van der Waals surface area contributed by atoms with Crippen molar-refractivity contribution in [1.29, 1.82) is 0 Å². The van der Waals surface area contributed by atoms with E-state index in [1.165, 1.54) is 17.8 Å². The van der Waals surface area contributed by atoms with Crippen LogP contribution in [-0.2, 0) is 4.79 Å². The first-order valence-electron chi connectivity index (χ1n) is 6.61. The van der Waals surface area contributed by atoms with E-state index in [0.29, 0.717) is 16.1 Å². The molecule has 20 heavy (non-hydrogen) atoms. The van der Waals surface area contributed by atoms with E-state index in [-0.39, 0.29) is 30.6 Å². The van der Waals surface area contributed by atoms with Gasteiger partial charge in [-0.3, -0.25) is 9.59 Å². The highest BCUT2D eigenvalue weighted by atomic mass is 32.1. The van der Waals surface area contributed by atoms with Crippen molar-refractivity contribution in [2.45, 2.75) is 31.7 Å². The molecule has 8 heteroatoms. The molecule has 1 aromatic heterocycles. The Labute approximate surface area is 121 Å². The molecule has 0 aliphatic heterocycles. The third-order valence-corrected chi connectivity index (χ3v) is 4.21. The number of amides is 2. The van der Waals surface area contributed by atoms with Crippen LogP contribution in [0.1, 0.15) is 35.4 Å². The van der Waals surface area contributed by atoms with Gasteiger partial charge in [0.15, 0.2) is 5.13 Å². The molecule has 0 saturated heterocycles. The van der Waals surface area contributed by atoms with Gasteiger partial charge in [-0.25, -0.2) is 4.98 Å². The van der Waals surface area contributed by atoms with E-state index < -0.39 is 0 Å². The summed E-state index contributed by atoms with van der Waals surface area (Å²) in [5, 5.41) is 9.10. The smallest absolute Gasteiger partial charge is 0.265 e. The van der Waals surface area contributed by atoms with Gasteiger partial charge in [0, 0.05) is 26.1 Å². The van der Waals surface area contributed by atoms with Crippen molar-refractivity contribution in [1.82, 2.24) is 15.6 Å². The Balaban J connectivity index is 1.86. The summed E-state index contributed by atoms with van der Waals surface area (Å²) >= 11 is 1.25. The molecule has 1 aliphatic rings. The van der Waals surface area contributed by atoms with E-state index in [0.717, 1.165) is 12.8 Å². The number of hydrogen-bond donors (Lipinski definition) is 4. The summed E-state index contributed by atoms with van der Waals surface area (Å²) in [5.74, 6) is -0.172. The lowest BCUT2D eigenvalue weighted by Crippen LogP contribution is -2.29. The highest BCUT2D eigenvalue weighted by Gasteiger charge is 2.21. The third kappa shape index (κ3) is 3.60. The van der Waals surface area contributed by atoms with E-state index in [9.17, 15) is 9.59 Å². The van der Waals surface area contributed by atoms with Gasteiger partial charge in [0.25, 0.3) is 5.91 Å².